The van der Waals surface area contributed by atoms with Crippen LogP contribution in [-0.2, 0) is 13.0 Å². The van der Waals surface area contributed by atoms with Gasteiger partial charge in [0.25, 0.3) is 0 Å². The highest BCUT2D eigenvalue weighted by atomic mass is 32.1. The zero-order valence-electron chi connectivity index (χ0n) is 12.5. The third-order valence-corrected chi connectivity index (χ3v) is 4.66. The Balaban J connectivity index is 1.82. The van der Waals surface area contributed by atoms with E-state index in [0.717, 1.165) is 23.9 Å². The van der Waals surface area contributed by atoms with Gasteiger partial charge in [0, 0.05) is 12.0 Å². The monoisotopic (exact) mass is 281 g/mol. The molecule has 108 valence electrons. The van der Waals surface area contributed by atoms with Gasteiger partial charge in [-0.3, -0.25) is 0 Å². The van der Waals surface area contributed by atoms with E-state index in [4.69, 9.17) is 0 Å². The van der Waals surface area contributed by atoms with Crippen LogP contribution in [0, 0.1) is 5.92 Å². The quantitative estimate of drug-likeness (QED) is 0.850. The standard InChI is InChI=1S/C15H27N3S/c1-15(2,3)16-11-14-18-17-13(19-14)10-12-8-6-4-5-7-9-12/h12,16H,4-11H2,1-3H3. The lowest BCUT2D eigenvalue weighted by Crippen LogP contribution is -2.35. The molecule has 0 amide bonds. The molecule has 0 aromatic carbocycles. The summed E-state index contributed by atoms with van der Waals surface area (Å²) in [5.41, 5.74) is 0.146. The number of hydrogen-bond acceptors (Lipinski definition) is 4. The van der Waals surface area contributed by atoms with Crippen LogP contribution in [0.3, 0.4) is 0 Å². The molecule has 0 saturated heterocycles. The molecule has 1 aromatic rings. The highest BCUT2D eigenvalue weighted by Gasteiger charge is 2.16. The molecule has 1 fully saturated rings. The molecule has 0 bridgehead atoms. The fourth-order valence-corrected chi connectivity index (χ4v) is 3.50. The summed E-state index contributed by atoms with van der Waals surface area (Å²) >= 11 is 1.79. The minimum atomic E-state index is 0.146. The van der Waals surface area contributed by atoms with Crippen molar-refractivity contribution in [1.29, 1.82) is 0 Å². The molecular weight excluding hydrogens is 254 g/mol. The maximum atomic E-state index is 4.37. The lowest BCUT2D eigenvalue weighted by atomic mass is 9.97. The number of rotatable bonds is 4. The average molecular weight is 281 g/mol. The van der Waals surface area contributed by atoms with Gasteiger partial charge < -0.3 is 5.32 Å². The zero-order valence-corrected chi connectivity index (χ0v) is 13.4. The molecule has 1 aromatic heterocycles. The summed E-state index contributed by atoms with van der Waals surface area (Å²) < 4.78 is 0. The van der Waals surface area contributed by atoms with Crippen molar-refractivity contribution in [2.24, 2.45) is 5.92 Å². The number of nitrogens with one attached hydrogen (secondary N) is 1. The number of aromatic nitrogens is 2. The van der Waals surface area contributed by atoms with Crippen LogP contribution >= 0.6 is 11.3 Å². The van der Waals surface area contributed by atoms with E-state index < -0.39 is 0 Å². The smallest absolute Gasteiger partial charge is 0.131 e. The van der Waals surface area contributed by atoms with Crippen LogP contribution in [0.5, 0.6) is 0 Å². The summed E-state index contributed by atoms with van der Waals surface area (Å²) in [6.45, 7) is 7.38. The first-order valence-electron chi connectivity index (χ1n) is 7.59. The van der Waals surface area contributed by atoms with Crippen LogP contribution < -0.4 is 5.32 Å². The van der Waals surface area contributed by atoms with Gasteiger partial charge in [-0.2, -0.15) is 0 Å². The third-order valence-electron chi connectivity index (χ3n) is 3.72. The summed E-state index contributed by atoms with van der Waals surface area (Å²) in [6.07, 6.45) is 9.57. The summed E-state index contributed by atoms with van der Waals surface area (Å²) in [5.74, 6) is 0.846. The molecule has 1 aliphatic rings. The van der Waals surface area contributed by atoms with Crippen molar-refractivity contribution in [2.45, 2.75) is 77.8 Å². The van der Waals surface area contributed by atoms with Gasteiger partial charge in [0.15, 0.2) is 0 Å². The Labute approximate surface area is 121 Å². The molecule has 1 aliphatic carbocycles. The van der Waals surface area contributed by atoms with Crippen LogP contribution in [0.25, 0.3) is 0 Å². The normalized spacial score (nSPS) is 18.5. The van der Waals surface area contributed by atoms with Crippen molar-refractivity contribution in [1.82, 2.24) is 15.5 Å². The Morgan fingerprint density at radius 3 is 2.32 bits per heavy atom. The van der Waals surface area contributed by atoms with E-state index in [1.165, 1.54) is 43.5 Å². The predicted molar refractivity (Wildman–Crippen MR) is 81.4 cm³/mol. The van der Waals surface area contributed by atoms with Gasteiger partial charge in [-0.25, -0.2) is 0 Å². The van der Waals surface area contributed by atoms with E-state index in [1.54, 1.807) is 11.3 Å². The predicted octanol–water partition coefficient (Wildman–Crippen LogP) is 3.94. The number of hydrogen-bond donors (Lipinski definition) is 1. The molecular formula is C15H27N3S. The van der Waals surface area contributed by atoms with E-state index in [1.807, 2.05) is 0 Å². The van der Waals surface area contributed by atoms with Gasteiger partial charge >= 0.3 is 0 Å². The van der Waals surface area contributed by atoms with Gasteiger partial charge in [-0.15, -0.1) is 21.5 Å². The van der Waals surface area contributed by atoms with Crippen molar-refractivity contribution in [2.75, 3.05) is 0 Å². The van der Waals surface area contributed by atoms with Crippen LogP contribution in [0.15, 0.2) is 0 Å². The van der Waals surface area contributed by atoms with Gasteiger partial charge in [-0.05, 0) is 26.7 Å². The van der Waals surface area contributed by atoms with E-state index in [9.17, 15) is 0 Å². The van der Waals surface area contributed by atoms with Gasteiger partial charge in [0.1, 0.15) is 10.0 Å². The van der Waals surface area contributed by atoms with Crippen LogP contribution in [0.1, 0.15) is 69.3 Å². The van der Waals surface area contributed by atoms with Gasteiger partial charge in [0.2, 0.25) is 0 Å². The maximum absolute atomic E-state index is 4.37. The Kier molecular flexibility index (Phi) is 5.34. The molecule has 19 heavy (non-hydrogen) atoms. The van der Waals surface area contributed by atoms with E-state index in [0.29, 0.717) is 0 Å². The van der Waals surface area contributed by atoms with Gasteiger partial charge in [0.05, 0.1) is 6.54 Å². The highest BCUT2D eigenvalue weighted by molar-refractivity contribution is 7.11. The lowest BCUT2D eigenvalue weighted by Gasteiger charge is -2.19. The van der Waals surface area contributed by atoms with Crippen molar-refractivity contribution in [3.05, 3.63) is 10.0 Å². The van der Waals surface area contributed by atoms with Crippen molar-refractivity contribution < 1.29 is 0 Å². The first-order chi connectivity index (χ1) is 9.03. The Hall–Kier alpha value is -0.480. The van der Waals surface area contributed by atoms with E-state index in [2.05, 4.69) is 36.3 Å². The first-order valence-corrected chi connectivity index (χ1v) is 8.41. The minimum Gasteiger partial charge on any atom is -0.306 e. The second-order valence-electron chi connectivity index (χ2n) is 6.75. The largest absolute Gasteiger partial charge is 0.306 e. The molecule has 0 atom stereocenters. The summed E-state index contributed by atoms with van der Waals surface area (Å²) in [4.78, 5) is 0. The van der Waals surface area contributed by atoms with Crippen LogP contribution in [-0.4, -0.2) is 15.7 Å². The Morgan fingerprint density at radius 2 is 1.68 bits per heavy atom. The highest BCUT2D eigenvalue weighted by Crippen LogP contribution is 2.27. The molecule has 3 nitrogen and oxygen atoms in total. The topological polar surface area (TPSA) is 37.8 Å². The Bertz CT molecular complexity index is 373. The molecule has 0 radical (unpaired) electrons. The van der Waals surface area contributed by atoms with Gasteiger partial charge in [-0.1, -0.05) is 38.5 Å². The minimum absolute atomic E-state index is 0.146. The molecule has 1 N–H and O–H groups in total. The molecule has 1 saturated carbocycles. The Morgan fingerprint density at radius 1 is 1.05 bits per heavy atom. The molecule has 0 spiro atoms. The summed E-state index contributed by atoms with van der Waals surface area (Å²) in [5, 5.41) is 14.5. The fraction of sp³-hybridized carbons (Fsp3) is 0.867. The van der Waals surface area contributed by atoms with Crippen molar-refractivity contribution in [3.63, 3.8) is 0 Å². The lowest BCUT2D eigenvalue weighted by molar-refractivity contribution is 0.423. The molecule has 1 heterocycles. The average Bonchev–Trinajstić information content (AvgIpc) is 2.61. The fourth-order valence-electron chi connectivity index (χ4n) is 2.60. The van der Waals surface area contributed by atoms with Crippen molar-refractivity contribution >= 4 is 11.3 Å². The SMILES string of the molecule is CC(C)(C)NCc1nnc(CC2CCCCCC2)s1. The molecule has 4 heteroatoms. The second kappa shape index (κ2) is 6.80. The van der Waals surface area contributed by atoms with E-state index >= 15 is 0 Å². The molecule has 0 unspecified atom stereocenters. The van der Waals surface area contributed by atoms with Crippen LogP contribution in [0.4, 0.5) is 0 Å². The zero-order chi connectivity index (χ0) is 13.7. The molecule has 2 rings (SSSR count). The summed E-state index contributed by atoms with van der Waals surface area (Å²) in [6, 6.07) is 0. The maximum Gasteiger partial charge on any atom is 0.131 e. The summed E-state index contributed by atoms with van der Waals surface area (Å²) in [7, 11) is 0. The third kappa shape index (κ3) is 5.57. The van der Waals surface area contributed by atoms with Crippen LogP contribution in [0.2, 0.25) is 0 Å². The second-order valence-corrected chi connectivity index (χ2v) is 7.90. The molecule has 0 aliphatic heterocycles. The number of nitrogens with zero attached hydrogens (tertiary/aromatic N) is 2. The first kappa shape index (κ1) is 14.9. The van der Waals surface area contributed by atoms with Crippen molar-refractivity contribution in [3.8, 4) is 0 Å². The van der Waals surface area contributed by atoms with E-state index in [-0.39, 0.29) is 5.54 Å².